The molecule has 3 fully saturated rings. The molecule has 3 saturated heterocycles. The zero-order chi connectivity index (χ0) is 14.0. The maximum atomic E-state index is 13.0. The highest BCUT2D eigenvalue weighted by molar-refractivity contribution is 6.04. The van der Waals surface area contributed by atoms with E-state index in [1.54, 1.807) is 6.20 Å². The molecule has 3 aliphatic rings. The average molecular weight is 283 g/mol. The first-order valence-electron chi connectivity index (χ1n) is 7.65. The highest BCUT2D eigenvalue weighted by Gasteiger charge is 2.51. The number of piperazine rings is 1. The van der Waals surface area contributed by atoms with Gasteiger partial charge in [0.15, 0.2) is 5.65 Å². The Bertz CT molecular complexity index is 722. The molecule has 6 nitrogen and oxygen atoms in total. The Morgan fingerprint density at radius 2 is 2.33 bits per heavy atom. The van der Waals surface area contributed by atoms with E-state index in [1.807, 2.05) is 12.1 Å². The van der Waals surface area contributed by atoms with E-state index in [0.29, 0.717) is 29.3 Å². The second-order valence-corrected chi connectivity index (χ2v) is 6.45. The number of nitrogens with zero attached hydrogens (tertiary/aromatic N) is 4. The third-order valence-electron chi connectivity index (χ3n) is 5.38. The molecule has 2 aromatic rings. The first kappa shape index (κ1) is 11.7. The van der Waals surface area contributed by atoms with Gasteiger partial charge in [0.1, 0.15) is 5.69 Å². The molecule has 3 bridgehead atoms. The van der Waals surface area contributed by atoms with E-state index in [0.717, 1.165) is 24.9 Å². The molecule has 0 aliphatic carbocycles. The molecule has 108 valence electrons. The summed E-state index contributed by atoms with van der Waals surface area (Å²) in [6.07, 6.45) is 4.10. The van der Waals surface area contributed by atoms with Crippen molar-refractivity contribution < 1.29 is 4.79 Å². The third kappa shape index (κ3) is 1.53. The summed E-state index contributed by atoms with van der Waals surface area (Å²) in [5, 5.41) is 7.90. The molecule has 5 rings (SSSR count). The summed E-state index contributed by atoms with van der Waals surface area (Å²) in [6.45, 7) is 3.27. The monoisotopic (exact) mass is 283 g/mol. The van der Waals surface area contributed by atoms with Crippen molar-refractivity contribution in [3.63, 3.8) is 0 Å². The fourth-order valence-corrected chi connectivity index (χ4v) is 4.45. The maximum Gasteiger partial charge on any atom is 0.273 e. The number of rotatable bonds is 1. The van der Waals surface area contributed by atoms with Crippen LogP contribution in [0.1, 0.15) is 23.3 Å². The van der Waals surface area contributed by atoms with Crippen LogP contribution in [0.3, 0.4) is 0 Å². The molecule has 2 aromatic heterocycles. The molecule has 0 spiro atoms. The van der Waals surface area contributed by atoms with Gasteiger partial charge in [0.2, 0.25) is 0 Å². The molecule has 5 heterocycles. The van der Waals surface area contributed by atoms with E-state index in [1.165, 1.54) is 13.0 Å². The van der Waals surface area contributed by atoms with E-state index >= 15 is 0 Å². The summed E-state index contributed by atoms with van der Waals surface area (Å²) in [5.41, 5.74) is 1.22. The Kier molecular flexibility index (Phi) is 2.25. The number of hydrogen-bond acceptors (Lipinski definition) is 4. The van der Waals surface area contributed by atoms with Crippen LogP contribution in [0.5, 0.6) is 0 Å². The SMILES string of the molecule is O=C(c1[nH]nc2ncccc12)N1[C@H]2C[C@@H]3CCN(C2)C[C@@H]31. The molecule has 3 aliphatic heterocycles. The highest BCUT2D eigenvalue weighted by Crippen LogP contribution is 2.41. The van der Waals surface area contributed by atoms with Crippen LogP contribution in [0.4, 0.5) is 0 Å². The number of H-pyrrole nitrogens is 1. The second-order valence-electron chi connectivity index (χ2n) is 6.45. The Morgan fingerprint density at radius 1 is 1.38 bits per heavy atom. The van der Waals surface area contributed by atoms with E-state index in [9.17, 15) is 4.79 Å². The smallest absolute Gasteiger partial charge is 0.273 e. The van der Waals surface area contributed by atoms with Crippen molar-refractivity contribution in [3.05, 3.63) is 24.0 Å². The lowest BCUT2D eigenvalue weighted by molar-refractivity contribution is 0.0258. The molecule has 6 heteroatoms. The van der Waals surface area contributed by atoms with Gasteiger partial charge in [-0.3, -0.25) is 14.8 Å². The van der Waals surface area contributed by atoms with Crippen molar-refractivity contribution in [3.8, 4) is 0 Å². The number of nitrogens with one attached hydrogen (secondary N) is 1. The van der Waals surface area contributed by atoms with Gasteiger partial charge in [0.25, 0.3) is 5.91 Å². The molecule has 1 unspecified atom stereocenters. The Hall–Kier alpha value is -1.95. The standard InChI is InChI=1S/C15H17N5O/c21-15(13-11-2-1-4-16-14(11)18-17-13)20-10-6-9-3-5-19(7-10)8-12(9)20/h1-2,4,9-10,12H,3,5-8H2,(H,16,17,18)/t9-,10-,12-/m0/s1. The normalized spacial score (nSPS) is 33.8. The van der Waals surface area contributed by atoms with Crippen molar-refractivity contribution in [1.29, 1.82) is 0 Å². The van der Waals surface area contributed by atoms with Crippen LogP contribution in [0.2, 0.25) is 0 Å². The predicted octanol–water partition coefficient (Wildman–Crippen LogP) is 0.877. The number of hydrogen-bond donors (Lipinski definition) is 1. The molecule has 4 atom stereocenters. The summed E-state index contributed by atoms with van der Waals surface area (Å²) in [7, 11) is 0. The van der Waals surface area contributed by atoms with E-state index in [-0.39, 0.29) is 5.91 Å². The van der Waals surface area contributed by atoms with E-state index < -0.39 is 0 Å². The van der Waals surface area contributed by atoms with Crippen LogP contribution in [-0.4, -0.2) is 62.6 Å². The largest absolute Gasteiger partial charge is 0.328 e. The molecule has 1 N–H and O–H groups in total. The lowest BCUT2D eigenvalue weighted by Gasteiger charge is -2.44. The zero-order valence-corrected chi connectivity index (χ0v) is 11.7. The van der Waals surface area contributed by atoms with Gasteiger partial charge in [0.05, 0.1) is 5.39 Å². The first-order valence-corrected chi connectivity index (χ1v) is 7.65. The van der Waals surface area contributed by atoms with Crippen LogP contribution < -0.4 is 0 Å². The zero-order valence-electron chi connectivity index (χ0n) is 11.7. The number of carbonyl (C=O) groups excluding carboxylic acids is 1. The minimum Gasteiger partial charge on any atom is -0.328 e. The Balaban J connectivity index is 1.55. The van der Waals surface area contributed by atoms with Crippen molar-refractivity contribution in [2.45, 2.75) is 24.9 Å². The Labute approximate surface area is 122 Å². The van der Waals surface area contributed by atoms with E-state index in [4.69, 9.17) is 0 Å². The molecule has 21 heavy (non-hydrogen) atoms. The number of aromatic nitrogens is 3. The van der Waals surface area contributed by atoms with Gasteiger partial charge in [0, 0.05) is 31.4 Å². The van der Waals surface area contributed by atoms with Crippen LogP contribution in [0.15, 0.2) is 18.3 Å². The Morgan fingerprint density at radius 3 is 3.29 bits per heavy atom. The molecule has 0 radical (unpaired) electrons. The molecule has 0 saturated carbocycles. The lowest BCUT2D eigenvalue weighted by atomic mass is 9.93. The predicted molar refractivity (Wildman–Crippen MR) is 76.8 cm³/mol. The van der Waals surface area contributed by atoms with Crippen molar-refractivity contribution in [2.24, 2.45) is 5.92 Å². The van der Waals surface area contributed by atoms with Crippen LogP contribution in [-0.2, 0) is 0 Å². The fourth-order valence-electron chi connectivity index (χ4n) is 4.45. The van der Waals surface area contributed by atoms with Gasteiger partial charge in [-0.2, -0.15) is 5.10 Å². The van der Waals surface area contributed by atoms with Gasteiger partial charge in [-0.25, -0.2) is 4.98 Å². The quantitative estimate of drug-likeness (QED) is 0.843. The summed E-state index contributed by atoms with van der Waals surface area (Å²) in [4.78, 5) is 21.9. The molecular formula is C15H17N5O. The van der Waals surface area contributed by atoms with E-state index in [2.05, 4.69) is 25.0 Å². The maximum absolute atomic E-state index is 13.0. The van der Waals surface area contributed by atoms with Crippen LogP contribution >= 0.6 is 0 Å². The number of fused-ring (bicyclic) bond motifs is 3. The topological polar surface area (TPSA) is 65.1 Å². The summed E-state index contributed by atoms with van der Waals surface area (Å²) in [6, 6.07) is 4.53. The van der Waals surface area contributed by atoms with Crippen LogP contribution in [0.25, 0.3) is 11.0 Å². The average Bonchev–Trinajstić information content (AvgIpc) is 2.96. The summed E-state index contributed by atoms with van der Waals surface area (Å²) >= 11 is 0. The lowest BCUT2D eigenvalue weighted by Crippen LogP contribution is -2.58. The van der Waals surface area contributed by atoms with Crippen LogP contribution in [0, 0.1) is 5.92 Å². The number of piperidine rings is 1. The second kappa shape index (κ2) is 4.04. The fraction of sp³-hybridized carbons (Fsp3) is 0.533. The van der Waals surface area contributed by atoms with Gasteiger partial charge in [-0.15, -0.1) is 0 Å². The van der Waals surface area contributed by atoms with Crippen molar-refractivity contribution in [2.75, 3.05) is 19.6 Å². The number of aromatic amines is 1. The molecule has 0 aromatic carbocycles. The van der Waals surface area contributed by atoms with Gasteiger partial charge in [-0.1, -0.05) is 0 Å². The molecular weight excluding hydrogens is 266 g/mol. The van der Waals surface area contributed by atoms with Crippen molar-refractivity contribution in [1.82, 2.24) is 25.0 Å². The van der Waals surface area contributed by atoms with Gasteiger partial charge in [-0.05, 0) is 37.4 Å². The summed E-state index contributed by atoms with van der Waals surface area (Å²) < 4.78 is 0. The number of amides is 1. The minimum absolute atomic E-state index is 0.101. The van der Waals surface area contributed by atoms with Crippen molar-refractivity contribution >= 4 is 16.9 Å². The van der Waals surface area contributed by atoms with Gasteiger partial charge >= 0.3 is 0 Å². The minimum atomic E-state index is 0.101. The first-order chi connectivity index (χ1) is 10.3. The third-order valence-corrected chi connectivity index (χ3v) is 5.38. The number of pyridine rings is 1. The number of carbonyl (C=O) groups is 1. The molecule has 1 amide bonds. The highest BCUT2D eigenvalue weighted by atomic mass is 16.2. The van der Waals surface area contributed by atoms with Gasteiger partial charge < -0.3 is 4.90 Å². The summed E-state index contributed by atoms with van der Waals surface area (Å²) in [5.74, 6) is 0.787.